The van der Waals surface area contributed by atoms with Crippen molar-refractivity contribution in [2.75, 3.05) is 10.6 Å². The summed E-state index contributed by atoms with van der Waals surface area (Å²) in [5.74, 6) is 0.0854. The van der Waals surface area contributed by atoms with Gasteiger partial charge in [0.2, 0.25) is 5.91 Å². The Morgan fingerprint density at radius 3 is 2.84 bits per heavy atom. The van der Waals surface area contributed by atoms with Crippen molar-refractivity contribution >= 4 is 34.1 Å². The standard InChI is InChI=1S/C17H15N7O/c1-10(16(19)25)22-15-9-21-14(7-18)17(24-15)23-12-6-11-4-2-3-5-13(11)20-8-12/h2-6,8-10H,1H3,(H2,19,25)(H2,22,23,24). The van der Waals surface area contributed by atoms with Crippen LogP contribution in [0.1, 0.15) is 12.6 Å². The minimum Gasteiger partial charge on any atom is -0.368 e. The van der Waals surface area contributed by atoms with Crippen LogP contribution in [-0.2, 0) is 4.79 Å². The lowest BCUT2D eigenvalue weighted by molar-refractivity contribution is -0.118. The lowest BCUT2D eigenvalue weighted by Gasteiger charge is -2.13. The van der Waals surface area contributed by atoms with Gasteiger partial charge in [0, 0.05) is 5.39 Å². The summed E-state index contributed by atoms with van der Waals surface area (Å²) in [6.45, 7) is 1.61. The van der Waals surface area contributed by atoms with Gasteiger partial charge in [0.05, 0.1) is 23.6 Å². The maximum atomic E-state index is 11.2. The van der Waals surface area contributed by atoms with Crippen molar-refractivity contribution < 1.29 is 4.79 Å². The number of para-hydroxylation sites is 1. The molecule has 0 saturated heterocycles. The number of amides is 1. The van der Waals surface area contributed by atoms with Crippen LogP contribution in [0.25, 0.3) is 10.9 Å². The molecule has 0 aliphatic carbocycles. The Morgan fingerprint density at radius 1 is 1.28 bits per heavy atom. The number of rotatable bonds is 5. The first kappa shape index (κ1) is 16.1. The number of primary amides is 1. The van der Waals surface area contributed by atoms with Crippen molar-refractivity contribution in [2.24, 2.45) is 5.73 Å². The monoisotopic (exact) mass is 333 g/mol. The molecule has 2 aromatic heterocycles. The van der Waals surface area contributed by atoms with Crippen LogP contribution >= 0.6 is 0 Å². The number of fused-ring (bicyclic) bond motifs is 1. The molecule has 0 radical (unpaired) electrons. The molecule has 1 atom stereocenters. The first-order chi connectivity index (χ1) is 12.1. The van der Waals surface area contributed by atoms with Crippen LogP contribution in [0.3, 0.4) is 0 Å². The molecule has 0 bridgehead atoms. The molecule has 1 unspecified atom stereocenters. The van der Waals surface area contributed by atoms with E-state index in [9.17, 15) is 10.1 Å². The number of nitrogens with one attached hydrogen (secondary N) is 2. The van der Waals surface area contributed by atoms with E-state index in [4.69, 9.17) is 5.73 Å². The summed E-state index contributed by atoms with van der Waals surface area (Å²) in [6.07, 6.45) is 3.03. The second-order valence-electron chi connectivity index (χ2n) is 5.37. The minimum atomic E-state index is -0.613. The molecule has 3 aromatic rings. The fraction of sp³-hybridized carbons (Fsp3) is 0.118. The summed E-state index contributed by atoms with van der Waals surface area (Å²) in [4.78, 5) is 23.9. The number of nitrogens with zero attached hydrogens (tertiary/aromatic N) is 4. The highest BCUT2D eigenvalue weighted by molar-refractivity contribution is 5.83. The minimum absolute atomic E-state index is 0.130. The Bertz CT molecular complexity index is 980. The van der Waals surface area contributed by atoms with Gasteiger partial charge in [0.25, 0.3) is 0 Å². The fourth-order valence-corrected chi connectivity index (χ4v) is 2.20. The number of carbonyl (C=O) groups excluding carboxylic acids is 1. The molecule has 25 heavy (non-hydrogen) atoms. The summed E-state index contributed by atoms with van der Waals surface area (Å²) in [5.41, 5.74) is 6.90. The zero-order valence-electron chi connectivity index (χ0n) is 13.4. The molecule has 3 rings (SSSR count). The molecule has 1 amide bonds. The quantitative estimate of drug-likeness (QED) is 0.650. The van der Waals surface area contributed by atoms with Crippen molar-refractivity contribution in [2.45, 2.75) is 13.0 Å². The van der Waals surface area contributed by atoms with Crippen molar-refractivity contribution in [3.05, 3.63) is 48.4 Å². The van der Waals surface area contributed by atoms with E-state index in [0.717, 1.165) is 10.9 Å². The average Bonchev–Trinajstić information content (AvgIpc) is 2.62. The first-order valence-electron chi connectivity index (χ1n) is 7.51. The molecule has 0 fully saturated rings. The zero-order chi connectivity index (χ0) is 17.8. The van der Waals surface area contributed by atoms with Crippen molar-refractivity contribution in [3.63, 3.8) is 0 Å². The van der Waals surface area contributed by atoms with Crippen LogP contribution in [0.15, 0.2) is 42.7 Å². The second kappa shape index (κ2) is 6.80. The number of hydrogen-bond acceptors (Lipinski definition) is 7. The van der Waals surface area contributed by atoms with E-state index >= 15 is 0 Å². The molecule has 0 aliphatic heterocycles. The molecular formula is C17H15N7O. The topological polar surface area (TPSA) is 130 Å². The van der Waals surface area contributed by atoms with E-state index in [1.807, 2.05) is 36.4 Å². The number of aromatic nitrogens is 3. The van der Waals surface area contributed by atoms with Crippen molar-refractivity contribution in [1.29, 1.82) is 5.26 Å². The van der Waals surface area contributed by atoms with E-state index in [1.165, 1.54) is 6.20 Å². The third-order valence-electron chi connectivity index (χ3n) is 3.52. The van der Waals surface area contributed by atoms with Crippen molar-refractivity contribution in [3.8, 4) is 6.07 Å². The maximum Gasteiger partial charge on any atom is 0.239 e. The Hall–Kier alpha value is -3.73. The van der Waals surface area contributed by atoms with Crippen LogP contribution < -0.4 is 16.4 Å². The van der Waals surface area contributed by atoms with Gasteiger partial charge in [-0.2, -0.15) is 5.26 Å². The third kappa shape index (κ3) is 3.61. The van der Waals surface area contributed by atoms with Gasteiger partial charge in [0.1, 0.15) is 17.9 Å². The van der Waals surface area contributed by atoms with E-state index in [-0.39, 0.29) is 11.5 Å². The maximum absolute atomic E-state index is 11.2. The van der Waals surface area contributed by atoms with E-state index in [2.05, 4.69) is 25.6 Å². The van der Waals surface area contributed by atoms with Crippen LogP contribution in [0.4, 0.5) is 17.3 Å². The van der Waals surface area contributed by atoms with Gasteiger partial charge in [0.15, 0.2) is 11.5 Å². The molecule has 0 aliphatic rings. The molecule has 8 nitrogen and oxygen atoms in total. The Balaban J connectivity index is 1.91. The predicted octanol–water partition coefficient (Wildman–Crippen LogP) is 1.93. The second-order valence-corrected chi connectivity index (χ2v) is 5.37. The number of carbonyl (C=O) groups is 1. The van der Waals surface area contributed by atoms with Gasteiger partial charge < -0.3 is 16.4 Å². The molecular weight excluding hydrogens is 318 g/mol. The third-order valence-corrected chi connectivity index (χ3v) is 3.52. The smallest absolute Gasteiger partial charge is 0.239 e. The zero-order valence-corrected chi connectivity index (χ0v) is 13.4. The molecule has 8 heteroatoms. The highest BCUT2D eigenvalue weighted by Crippen LogP contribution is 2.21. The summed E-state index contributed by atoms with van der Waals surface area (Å²) < 4.78 is 0. The first-order valence-corrected chi connectivity index (χ1v) is 7.51. The number of benzene rings is 1. The van der Waals surface area contributed by atoms with Crippen molar-refractivity contribution in [1.82, 2.24) is 15.0 Å². The van der Waals surface area contributed by atoms with Crippen LogP contribution in [0.5, 0.6) is 0 Å². The number of anilines is 3. The number of hydrogen-bond donors (Lipinski definition) is 3. The molecule has 0 spiro atoms. The number of pyridine rings is 1. The van der Waals surface area contributed by atoms with Gasteiger partial charge in [-0.25, -0.2) is 9.97 Å². The normalized spacial score (nSPS) is 11.5. The Kier molecular flexibility index (Phi) is 4.39. The van der Waals surface area contributed by atoms with Gasteiger partial charge in [-0.15, -0.1) is 0 Å². The van der Waals surface area contributed by atoms with E-state index in [0.29, 0.717) is 11.5 Å². The number of nitrogens with two attached hydrogens (primary N) is 1. The molecule has 4 N–H and O–H groups in total. The van der Waals surface area contributed by atoms with Crippen LogP contribution in [-0.4, -0.2) is 26.9 Å². The lowest BCUT2D eigenvalue weighted by Crippen LogP contribution is -2.32. The Morgan fingerprint density at radius 2 is 2.08 bits per heavy atom. The fourth-order valence-electron chi connectivity index (χ4n) is 2.20. The molecule has 2 heterocycles. The van der Waals surface area contributed by atoms with Gasteiger partial charge in [-0.1, -0.05) is 18.2 Å². The largest absolute Gasteiger partial charge is 0.368 e. The van der Waals surface area contributed by atoms with Gasteiger partial charge in [-0.05, 0) is 19.1 Å². The van der Waals surface area contributed by atoms with E-state index in [1.54, 1.807) is 13.1 Å². The van der Waals surface area contributed by atoms with Gasteiger partial charge in [-0.3, -0.25) is 9.78 Å². The summed E-state index contributed by atoms with van der Waals surface area (Å²) in [6, 6.07) is 11.0. The number of nitriles is 1. The highest BCUT2D eigenvalue weighted by atomic mass is 16.1. The van der Waals surface area contributed by atoms with Gasteiger partial charge >= 0.3 is 0 Å². The molecule has 1 aromatic carbocycles. The Labute approximate surface area is 143 Å². The van der Waals surface area contributed by atoms with E-state index < -0.39 is 11.9 Å². The molecule has 0 saturated carbocycles. The van der Waals surface area contributed by atoms with Crippen LogP contribution in [0, 0.1) is 11.3 Å². The highest BCUT2D eigenvalue weighted by Gasteiger charge is 2.12. The lowest BCUT2D eigenvalue weighted by atomic mass is 10.2. The predicted molar refractivity (Wildman–Crippen MR) is 94.1 cm³/mol. The summed E-state index contributed by atoms with van der Waals surface area (Å²) >= 11 is 0. The average molecular weight is 333 g/mol. The van der Waals surface area contributed by atoms with Crippen LogP contribution in [0.2, 0.25) is 0 Å². The summed E-state index contributed by atoms with van der Waals surface area (Å²) in [7, 11) is 0. The SMILES string of the molecule is CC(Nc1cnc(C#N)c(Nc2cnc3ccccc3c2)n1)C(N)=O. The molecule has 124 valence electrons. The summed E-state index contributed by atoms with van der Waals surface area (Å²) in [5, 5.41) is 16.1.